The first-order valence-corrected chi connectivity index (χ1v) is 8.59. The standard InChI is InChI=1S/C20H25FN2O2/c1-22(2)18-7-3-16(4-8-18)13-23-11-12-24-20(14-23)15-25-19-9-5-17(21)6-10-19/h3-10,20H,11-15H2,1-2H3. The normalized spacial score (nSPS) is 18.1. The number of ether oxygens (including phenoxy) is 2. The summed E-state index contributed by atoms with van der Waals surface area (Å²) in [7, 11) is 4.09. The summed E-state index contributed by atoms with van der Waals surface area (Å²) in [4.78, 5) is 4.48. The summed E-state index contributed by atoms with van der Waals surface area (Å²) >= 11 is 0. The van der Waals surface area contributed by atoms with Gasteiger partial charge in [0.1, 0.15) is 24.3 Å². The first-order chi connectivity index (χ1) is 12.1. The minimum absolute atomic E-state index is 0.0276. The molecule has 0 radical (unpaired) electrons. The largest absolute Gasteiger partial charge is 0.491 e. The molecule has 1 aliphatic heterocycles. The first kappa shape index (κ1) is 17.7. The van der Waals surface area contributed by atoms with Crippen molar-refractivity contribution in [2.45, 2.75) is 12.6 Å². The van der Waals surface area contributed by atoms with Crippen molar-refractivity contribution in [1.82, 2.24) is 4.90 Å². The molecule has 0 bridgehead atoms. The molecule has 4 nitrogen and oxygen atoms in total. The average molecular weight is 344 g/mol. The molecule has 2 aromatic carbocycles. The topological polar surface area (TPSA) is 24.9 Å². The lowest BCUT2D eigenvalue weighted by molar-refractivity contribution is -0.0504. The molecule has 134 valence electrons. The summed E-state index contributed by atoms with van der Waals surface area (Å²) in [6.45, 7) is 3.83. The minimum atomic E-state index is -0.257. The van der Waals surface area contributed by atoms with Gasteiger partial charge in [0.2, 0.25) is 0 Å². The number of hydrogen-bond acceptors (Lipinski definition) is 4. The summed E-state index contributed by atoms with van der Waals surface area (Å²) in [5, 5.41) is 0. The van der Waals surface area contributed by atoms with Crippen LogP contribution in [0.2, 0.25) is 0 Å². The predicted molar refractivity (Wildman–Crippen MR) is 97.7 cm³/mol. The van der Waals surface area contributed by atoms with Crippen molar-refractivity contribution < 1.29 is 13.9 Å². The molecule has 0 amide bonds. The van der Waals surface area contributed by atoms with E-state index < -0.39 is 0 Å². The van der Waals surface area contributed by atoms with Crippen LogP contribution in [0.5, 0.6) is 5.75 Å². The third kappa shape index (κ3) is 5.18. The van der Waals surface area contributed by atoms with E-state index in [1.807, 2.05) is 14.1 Å². The van der Waals surface area contributed by atoms with Crippen molar-refractivity contribution in [1.29, 1.82) is 0 Å². The molecule has 0 saturated carbocycles. The van der Waals surface area contributed by atoms with E-state index in [2.05, 4.69) is 34.1 Å². The highest BCUT2D eigenvalue weighted by molar-refractivity contribution is 5.45. The van der Waals surface area contributed by atoms with Crippen molar-refractivity contribution in [3.05, 3.63) is 59.9 Å². The monoisotopic (exact) mass is 344 g/mol. The lowest BCUT2D eigenvalue weighted by Crippen LogP contribution is -2.44. The van der Waals surface area contributed by atoms with E-state index in [4.69, 9.17) is 9.47 Å². The highest BCUT2D eigenvalue weighted by Crippen LogP contribution is 2.17. The van der Waals surface area contributed by atoms with Crippen molar-refractivity contribution >= 4 is 5.69 Å². The summed E-state index contributed by atoms with van der Waals surface area (Å²) in [5.41, 5.74) is 2.50. The number of anilines is 1. The van der Waals surface area contributed by atoms with Gasteiger partial charge in [-0.2, -0.15) is 0 Å². The molecule has 1 fully saturated rings. The van der Waals surface area contributed by atoms with Crippen LogP contribution in [0.3, 0.4) is 0 Å². The maximum absolute atomic E-state index is 12.9. The van der Waals surface area contributed by atoms with Crippen LogP contribution in [0.1, 0.15) is 5.56 Å². The zero-order valence-corrected chi connectivity index (χ0v) is 14.8. The van der Waals surface area contributed by atoms with Gasteiger partial charge in [-0.3, -0.25) is 4.90 Å². The molecule has 3 rings (SSSR count). The van der Waals surface area contributed by atoms with Gasteiger partial charge in [-0.1, -0.05) is 12.1 Å². The van der Waals surface area contributed by atoms with Crippen LogP contribution in [-0.2, 0) is 11.3 Å². The maximum Gasteiger partial charge on any atom is 0.123 e. The SMILES string of the molecule is CN(C)c1ccc(CN2CCOC(COc3ccc(F)cc3)C2)cc1. The Morgan fingerprint density at radius 1 is 1.12 bits per heavy atom. The molecule has 0 aliphatic carbocycles. The van der Waals surface area contributed by atoms with Crippen molar-refractivity contribution in [3.63, 3.8) is 0 Å². The quantitative estimate of drug-likeness (QED) is 0.804. The van der Waals surface area contributed by atoms with Crippen LogP contribution in [0.4, 0.5) is 10.1 Å². The molecule has 5 heteroatoms. The average Bonchev–Trinajstić information content (AvgIpc) is 2.62. The van der Waals surface area contributed by atoms with Crippen LogP contribution in [0.25, 0.3) is 0 Å². The van der Waals surface area contributed by atoms with Gasteiger partial charge in [-0.15, -0.1) is 0 Å². The van der Waals surface area contributed by atoms with Crippen LogP contribution in [-0.4, -0.2) is 51.4 Å². The zero-order chi connectivity index (χ0) is 17.6. The number of halogens is 1. The Morgan fingerprint density at radius 2 is 1.84 bits per heavy atom. The Hall–Kier alpha value is -2.11. The number of morpholine rings is 1. The third-order valence-corrected chi connectivity index (χ3v) is 4.33. The van der Waals surface area contributed by atoms with Gasteiger partial charge in [-0.05, 0) is 42.0 Å². The van der Waals surface area contributed by atoms with Crippen molar-refractivity contribution in [3.8, 4) is 5.75 Å². The van der Waals surface area contributed by atoms with Crippen molar-refractivity contribution in [2.24, 2.45) is 0 Å². The summed E-state index contributed by atoms with van der Waals surface area (Å²) in [6, 6.07) is 14.7. The third-order valence-electron chi connectivity index (χ3n) is 4.33. The van der Waals surface area contributed by atoms with Crippen LogP contribution in [0, 0.1) is 5.82 Å². The molecule has 1 atom stereocenters. The summed E-state index contributed by atoms with van der Waals surface area (Å²) in [5.74, 6) is 0.411. The van der Waals surface area contributed by atoms with E-state index in [1.165, 1.54) is 23.4 Å². The second-order valence-corrected chi connectivity index (χ2v) is 6.55. The maximum atomic E-state index is 12.9. The fourth-order valence-corrected chi connectivity index (χ4v) is 2.90. The number of hydrogen-bond donors (Lipinski definition) is 0. The van der Waals surface area contributed by atoms with Gasteiger partial charge in [0.05, 0.1) is 6.61 Å². The van der Waals surface area contributed by atoms with Gasteiger partial charge < -0.3 is 14.4 Å². The van der Waals surface area contributed by atoms with Crippen molar-refractivity contribution in [2.75, 3.05) is 45.3 Å². The van der Waals surface area contributed by atoms with E-state index in [0.29, 0.717) is 19.0 Å². The summed E-state index contributed by atoms with van der Waals surface area (Å²) in [6.07, 6.45) is 0.0276. The van der Waals surface area contributed by atoms with Gasteiger partial charge in [0, 0.05) is 39.4 Å². The van der Waals surface area contributed by atoms with E-state index in [0.717, 1.165) is 19.6 Å². The molecular formula is C20H25FN2O2. The Labute approximate surface area is 148 Å². The Balaban J connectivity index is 1.49. The van der Waals surface area contributed by atoms with Crippen LogP contribution in [0.15, 0.2) is 48.5 Å². The molecule has 1 saturated heterocycles. The number of nitrogens with zero attached hydrogens (tertiary/aromatic N) is 2. The molecule has 2 aromatic rings. The lowest BCUT2D eigenvalue weighted by Gasteiger charge is -2.32. The molecular weight excluding hydrogens is 319 g/mol. The lowest BCUT2D eigenvalue weighted by atomic mass is 10.1. The van der Waals surface area contributed by atoms with Gasteiger partial charge in [-0.25, -0.2) is 4.39 Å². The molecule has 1 aliphatic rings. The Morgan fingerprint density at radius 3 is 2.52 bits per heavy atom. The molecule has 0 aromatic heterocycles. The van der Waals surface area contributed by atoms with E-state index in [-0.39, 0.29) is 11.9 Å². The Bertz CT molecular complexity index is 658. The molecule has 25 heavy (non-hydrogen) atoms. The van der Waals surface area contributed by atoms with Gasteiger partial charge in [0.25, 0.3) is 0 Å². The number of rotatable bonds is 6. The Kier molecular flexibility index (Phi) is 5.89. The summed E-state index contributed by atoms with van der Waals surface area (Å²) < 4.78 is 24.4. The fourth-order valence-electron chi connectivity index (χ4n) is 2.90. The second kappa shape index (κ2) is 8.32. The fraction of sp³-hybridized carbons (Fsp3) is 0.400. The smallest absolute Gasteiger partial charge is 0.123 e. The molecule has 1 heterocycles. The molecule has 1 unspecified atom stereocenters. The van der Waals surface area contributed by atoms with Crippen LogP contribution < -0.4 is 9.64 Å². The van der Waals surface area contributed by atoms with Crippen LogP contribution >= 0.6 is 0 Å². The minimum Gasteiger partial charge on any atom is -0.491 e. The zero-order valence-electron chi connectivity index (χ0n) is 14.8. The number of benzene rings is 2. The molecule has 0 N–H and O–H groups in total. The predicted octanol–water partition coefficient (Wildman–Crippen LogP) is 3.17. The first-order valence-electron chi connectivity index (χ1n) is 8.59. The van der Waals surface area contributed by atoms with E-state index in [9.17, 15) is 4.39 Å². The molecule has 0 spiro atoms. The van der Waals surface area contributed by atoms with E-state index >= 15 is 0 Å². The highest BCUT2D eigenvalue weighted by Gasteiger charge is 2.21. The van der Waals surface area contributed by atoms with E-state index in [1.54, 1.807) is 12.1 Å². The van der Waals surface area contributed by atoms with Gasteiger partial charge in [0.15, 0.2) is 0 Å². The highest BCUT2D eigenvalue weighted by atomic mass is 19.1. The van der Waals surface area contributed by atoms with Gasteiger partial charge >= 0.3 is 0 Å². The second-order valence-electron chi connectivity index (χ2n) is 6.55.